The van der Waals surface area contributed by atoms with E-state index in [0.717, 1.165) is 32.5 Å². The molecule has 0 amide bonds. The zero-order valence-electron chi connectivity index (χ0n) is 10.2. The Bertz CT molecular complexity index is 664. The van der Waals surface area contributed by atoms with Crippen LogP contribution in [-0.4, -0.2) is 26.7 Å². The number of anilines is 1. The van der Waals surface area contributed by atoms with Gasteiger partial charge < -0.3 is 5.32 Å². The molecule has 0 aliphatic carbocycles. The standard InChI is InChI=1S/C11H11N5S3/c1-2-4-12-10-14-8-7(3-5-17-8)9(15-10)19-11-16-13-6-18-11/h3,5-6H,2,4H2,1H3,(H,12,14,15). The summed E-state index contributed by atoms with van der Waals surface area (Å²) < 4.78 is 0.896. The third-order valence-corrected chi connectivity index (χ3v) is 4.94. The number of thiophene rings is 1. The van der Waals surface area contributed by atoms with Crippen LogP contribution in [0.25, 0.3) is 10.2 Å². The molecule has 0 spiro atoms. The molecule has 0 aromatic carbocycles. The summed E-state index contributed by atoms with van der Waals surface area (Å²) in [5, 5.41) is 15.2. The van der Waals surface area contributed by atoms with Crippen molar-refractivity contribution in [2.24, 2.45) is 0 Å². The van der Waals surface area contributed by atoms with Crippen LogP contribution in [0.2, 0.25) is 0 Å². The summed E-state index contributed by atoms with van der Waals surface area (Å²) in [6.45, 7) is 2.99. The Balaban J connectivity index is 1.97. The molecule has 0 fully saturated rings. The topological polar surface area (TPSA) is 63.6 Å². The average Bonchev–Trinajstić information content (AvgIpc) is 3.06. The quantitative estimate of drug-likeness (QED) is 0.728. The van der Waals surface area contributed by atoms with Gasteiger partial charge in [-0.1, -0.05) is 18.3 Å². The number of hydrogen-bond donors (Lipinski definition) is 1. The van der Waals surface area contributed by atoms with Gasteiger partial charge in [-0.25, -0.2) is 9.97 Å². The lowest BCUT2D eigenvalue weighted by Crippen LogP contribution is -2.04. The van der Waals surface area contributed by atoms with Gasteiger partial charge in [-0.05, 0) is 29.6 Å². The van der Waals surface area contributed by atoms with E-state index in [9.17, 15) is 0 Å². The largest absolute Gasteiger partial charge is 0.354 e. The zero-order valence-corrected chi connectivity index (χ0v) is 12.6. The normalized spacial score (nSPS) is 11.0. The summed E-state index contributed by atoms with van der Waals surface area (Å²) in [4.78, 5) is 10.1. The minimum atomic E-state index is 0.684. The molecule has 8 heteroatoms. The van der Waals surface area contributed by atoms with Gasteiger partial charge >= 0.3 is 0 Å². The van der Waals surface area contributed by atoms with E-state index in [1.54, 1.807) is 16.8 Å². The van der Waals surface area contributed by atoms with E-state index in [1.807, 2.05) is 11.4 Å². The van der Waals surface area contributed by atoms with Crippen LogP contribution in [0.1, 0.15) is 13.3 Å². The summed E-state index contributed by atoms with van der Waals surface area (Å²) in [6.07, 6.45) is 1.05. The monoisotopic (exact) mass is 309 g/mol. The van der Waals surface area contributed by atoms with Gasteiger partial charge in [-0.2, -0.15) is 0 Å². The Hall–Kier alpha value is -1.25. The molecule has 3 rings (SSSR count). The van der Waals surface area contributed by atoms with Crippen molar-refractivity contribution < 1.29 is 0 Å². The van der Waals surface area contributed by atoms with Gasteiger partial charge in [0.1, 0.15) is 15.4 Å². The van der Waals surface area contributed by atoms with Gasteiger partial charge in [-0.3, -0.25) is 0 Å². The molecule has 0 saturated carbocycles. The van der Waals surface area contributed by atoms with Gasteiger partial charge in [-0.15, -0.1) is 21.5 Å². The van der Waals surface area contributed by atoms with E-state index in [1.165, 1.54) is 23.1 Å². The average molecular weight is 309 g/mol. The number of fused-ring (bicyclic) bond motifs is 1. The number of aromatic nitrogens is 4. The fraction of sp³-hybridized carbons (Fsp3) is 0.273. The number of hydrogen-bond acceptors (Lipinski definition) is 8. The molecule has 0 unspecified atom stereocenters. The van der Waals surface area contributed by atoms with Crippen LogP contribution in [-0.2, 0) is 0 Å². The molecule has 0 saturated heterocycles. The highest BCUT2D eigenvalue weighted by molar-refractivity contribution is 8.01. The maximum atomic E-state index is 4.57. The van der Waals surface area contributed by atoms with Crippen molar-refractivity contribution in [1.82, 2.24) is 20.2 Å². The van der Waals surface area contributed by atoms with E-state index in [4.69, 9.17) is 0 Å². The number of nitrogens with one attached hydrogen (secondary N) is 1. The van der Waals surface area contributed by atoms with Crippen LogP contribution < -0.4 is 5.32 Å². The van der Waals surface area contributed by atoms with E-state index in [0.29, 0.717) is 5.95 Å². The molecule has 98 valence electrons. The van der Waals surface area contributed by atoms with E-state index < -0.39 is 0 Å². The van der Waals surface area contributed by atoms with E-state index >= 15 is 0 Å². The predicted molar refractivity (Wildman–Crippen MR) is 80.2 cm³/mol. The molecule has 5 nitrogen and oxygen atoms in total. The summed E-state index contributed by atoms with van der Waals surface area (Å²) in [5.41, 5.74) is 1.73. The second-order valence-corrected chi connectivity index (χ2v) is 6.69. The minimum Gasteiger partial charge on any atom is -0.354 e. The predicted octanol–water partition coefficient (Wildman–Crippen LogP) is 3.52. The summed E-state index contributed by atoms with van der Waals surface area (Å²) >= 11 is 4.68. The SMILES string of the molecule is CCCNc1nc(Sc2nncs2)c2ccsc2n1. The van der Waals surface area contributed by atoms with Crippen LogP contribution in [0.4, 0.5) is 5.95 Å². The highest BCUT2D eigenvalue weighted by Gasteiger charge is 2.11. The van der Waals surface area contributed by atoms with E-state index in [-0.39, 0.29) is 0 Å². The Labute approximate surface area is 122 Å². The molecule has 0 atom stereocenters. The highest BCUT2D eigenvalue weighted by Crippen LogP contribution is 2.34. The summed E-state index contributed by atoms with van der Waals surface area (Å²) in [5.74, 6) is 0.684. The van der Waals surface area contributed by atoms with Crippen LogP contribution in [0.15, 0.2) is 26.3 Å². The zero-order chi connectivity index (χ0) is 13.1. The molecule has 0 bridgehead atoms. The first-order chi connectivity index (χ1) is 9.36. The lowest BCUT2D eigenvalue weighted by atomic mass is 10.4. The third kappa shape index (κ3) is 2.85. The second kappa shape index (κ2) is 5.81. The van der Waals surface area contributed by atoms with Crippen molar-refractivity contribution in [3.63, 3.8) is 0 Å². The molecular weight excluding hydrogens is 298 g/mol. The van der Waals surface area contributed by atoms with Crippen molar-refractivity contribution >= 4 is 50.6 Å². The fourth-order valence-electron chi connectivity index (χ4n) is 1.51. The van der Waals surface area contributed by atoms with Crippen molar-refractivity contribution in [2.75, 3.05) is 11.9 Å². The highest BCUT2D eigenvalue weighted by atomic mass is 32.2. The Morgan fingerprint density at radius 3 is 3.05 bits per heavy atom. The molecule has 19 heavy (non-hydrogen) atoms. The maximum Gasteiger partial charge on any atom is 0.225 e. The van der Waals surface area contributed by atoms with Gasteiger partial charge in [0.05, 0.1) is 0 Å². The Kier molecular flexibility index (Phi) is 3.90. The fourth-order valence-corrected chi connectivity index (χ4v) is 3.84. The molecule has 3 heterocycles. The molecule has 1 N–H and O–H groups in total. The van der Waals surface area contributed by atoms with E-state index in [2.05, 4.69) is 32.4 Å². The lowest BCUT2D eigenvalue weighted by molar-refractivity contribution is 0.946. The first-order valence-electron chi connectivity index (χ1n) is 5.80. The van der Waals surface area contributed by atoms with Crippen LogP contribution in [0.5, 0.6) is 0 Å². The smallest absolute Gasteiger partial charge is 0.225 e. The van der Waals surface area contributed by atoms with Gasteiger partial charge in [0.25, 0.3) is 0 Å². The third-order valence-electron chi connectivity index (χ3n) is 2.35. The van der Waals surface area contributed by atoms with Crippen molar-refractivity contribution in [3.8, 4) is 0 Å². The van der Waals surface area contributed by atoms with Gasteiger partial charge in [0, 0.05) is 11.9 Å². The minimum absolute atomic E-state index is 0.684. The number of nitrogens with zero attached hydrogens (tertiary/aromatic N) is 4. The lowest BCUT2D eigenvalue weighted by Gasteiger charge is -2.05. The molecular formula is C11H11N5S3. The van der Waals surface area contributed by atoms with Crippen LogP contribution in [0, 0.1) is 0 Å². The van der Waals surface area contributed by atoms with Gasteiger partial charge in [0.15, 0.2) is 4.34 Å². The van der Waals surface area contributed by atoms with Crippen molar-refractivity contribution in [3.05, 3.63) is 17.0 Å². The Morgan fingerprint density at radius 1 is 1.32 bits per heavy atom. The second-order valence-electron chi connectivity index (χ2n) is 3.73. The first kappa shape index (κ1) is 12.8. The van der Waals surface area contributed by atoms with Gasteiger partial charge in [0.2, 0.25) is 5.95 Å². The molecule has 0 radical (unpaired) electrons. The summed E-state index contributed by atoms with van der Waals surface area (Å²) in [6, 6.07) is 2.05. The molecule has 3 aromatic rings. The van der Waals surface area contributed by atoms with Crippen molar-refractivity contribution in [2.45, 2.75) is 22.7 Å². The first-order valence-corrected chi connectivity index (χ1v) is 8.37. The molecule has 0 aliphatic heterocycles. The molecule has 3 aromatic heterocycles. The maximum absolute atomic E-state index is 4.57. The molecule has 0 aliphatic rings. The Morgan fingerprint density at radius 2 is 2.26 bits per heavy atom. The number of rotatable bonds is 5. The summed E-state index contributed by atoms with van der Waals surface area (Å²) in [7, 11) is 0. The van der Waals surface area contributed by atoms with Crippen molar-refractivity contribution in [1.29, 1.82) is 0 Å². The van der Waals surface area contributed by atoms with Crippen LogP contribution in [0.3, 0.4) is 0 Å². The van der Waals surface area contributed by atoms with Crippen LogP contribution >= 0.6 is 34.4 Å².